The van der Waals surface area contributed by atoms with E-state index < -0.39 is 0 Å². The molecule has 0 saturated carbocycles. The summed E-state index contributed by atoms with van der Waals surface area (Å²) >= 11 is 1.60. The van der Waals surface area contributed by atoms with Gasteiger partial charge in [0, 0.05) is 30.6 Å². The van der Waals surface area contributed by atoms with Crippen molar-refractivity contribution in [2.75, 3.05) is 13.1 Å². The minimum atomic E-state index is 0. The van der Waals surface area contributed by atoms with E-state index in [1.165, 1.54) is 0 Å². The summed E-state index contributed by atoms with van der Waals surface area (Å²) in [5, 5.41) is 7.33. The molecule has 2 heterocycles. The van der Waals surface area contributed by atoms with E-state index in [1.807, 2.05) is 22.6 Å². The Balaban J connectivity index is 0.00000144. The highest BCUT2D eigenvalue weighted by Crippen LogP contribution is 2.20. The van der Waals surface area contributed by atoms with Gasteiger partial charge in [-0.15, -0.1) is 12.4 Å². The van der Waals surface area contributed by atoms with Crippen molar-refractivity contribution in [3.63, 3.8) is 0 Å². The highest BCUT2D eigenvalue weighted by atomic mass is 35.5. The Kier molecular flexibility index (Phi) is 4.98. The Labute approximate surface area is 113 Å². The Morgan fingerprint density at radius 1 is 1.35 bits per heavy atom. The molecule has 0 bridgehead atoms. The number of piperazine rings is 1. The van der Waals surface area contributed by atoms with Gasteiger partial charge in [-0.25, -0.2) is 0 Å². The van der Waals surface area contributed by atoms with Crippen molar-refractivity contribution in [1.29, 1.82) is 0 Å². The fourth-order valence-corrected chi connectivity index (χ4v) is 3.07. The van der Waals surface area contributed by atoms with Crippen molar-refractivity contribution in [2.24, 2.45) is 0 Å². The second-order valence-corrected chi connectivity index (χ2v) is 5.28. The molecule has 2 unspecified atom stereocenters. The second kappa shape index (κ2) is 5.85. The molecule has 5 heteroatoms. The molecule has 17 heavy (non-hydrogen) atoms. The lowest BCUT2D eigenvalue weighted by Crippen LogP contribution is -2.57. The third-order valence-electron chi connectivity index (χ3n) is 3.15. The van der Waals surface area contributed by atoms with Gasteiger partial charge in [0.15, 0.2) is 0 Å². The molecule has 1 saturated heterocycles. The van der Waals surface area contributed by atoms with Crippen molar-refractivity contribution in [3.8, 4) is 0 Å². The van der Waals surface area contributed by atoms with E-state index in [-0.39, 0.29) is 30.4 Å². The first-order valence-corrected chi connectivity index (χ1v) is 6.61. The number of halogens is 1. The first-order chi connectivity index (χ1) is 7.61. The van der Waals surface area contributed by atoms with Crippen LogP contribution in [0.4, 0.5) is 0 Å². The lowest BCUT2D eigenvalue weighted by atomic mass is 10.1. The zero-order valence-corrected chi connectivity index (χ0v) is 12.0. The normalized spacial score (nSPS) is 24.3. The molecule has 96 valence electrons. The summed E-state index contributed by atoms with van der Waals surface area (Å²) in [6.45, 7) is 7.98. The predicted molar refractivity (Wildman–Crippen MR) is 74.3 cm³/mol. The molecular weight excluding hydrogens is 256 g/mol. The van der Waals surface area contributed by atoms with E-state index in [4.69, 9.17) is 0 Å². The van der Waals surface area contributed by atoms with Crippen LogP contribution >= 0.6 is 23.7 Å². The van der Waals surface area contributed by atoms with Crippen molar-refractivity contribution in [1.82, 2.24) is 10.2 Å². The van der Waals surface area contributed by atoms with Gasteiger partial charge in [0.2, 0.25) is 0 Å². The molecule has 2 atom stereocenters. The summed E-state index contributed by atoms with van der Waals surface area (Å²) in [5.41, 5.74) is 1.96. The van der Waals surface area contributed by atoms with Crippen LogP contribution in [0.25, 0.3) is 0 Å². The Bertz CT molecular complexity index is 384. The van der Waals surface area contributed by atoms with Crippen LogP contribution in [0, 0.1) is 6.92 Å². The lowest BCUT2D eigenvalue weighted by molar-refractivity contribution is 0.0544. The molecule has 0 radical (unpaired) electrons. The zero-order chi connectivity index (χ0) is 11.7. The van der Waals surface area contributed by atoms with Crippen LogP contribution in [0.2, 0.25) is 0 Å². The first kappa shape index (κ1) is 14.5. The maximum atomic E-state index is 12.4. The molecule has 1 aliphatic heterocycles. The van der Waals surface area contributed by atoms with Crippen LogP contribution in [0.15, 0.2) is 10.8 Å². The molecule has 1 fully saturated rings. The van der Waals surface area contributed by atoms with Gasteiger partial charge in [0.25, 0.3) is 5.91 Å². The number of hydrogen-bond donors (Lipinski definition) is 1. The van der Waals surface area contributed by atoms with Crippen LogP contribution in [-0.4, -0.2) is 36.0 Å². The number of amides is 1. The van der Waals surface area contributed by atoms with Crippen LogP contribution in [0.1, 0.15) is 29.8 Å². The number of rotatable bonds is 1. The largest absolute Gasteiger partial charge is 0.331 e. The topological polar surface area (TPSA) is 32.3 Å². The predicted octanol–water partition coefficient (Wildman–Crippen LogP) is 2.30. The van der Waals surface area contributed by atoms with E-state index in [9.17, 15) is 4.79 Å². The average molecular weight is 275 g/mol. The first-order valence-electron chi connectivity index (χ1n) is 5.67. The molecular formula is C12H19ClN2OS. The molecule has 1 aromatic rings. The van der Waals surface area contributed by atoms with E-state index >= 15 is 0 Å². The summed E-state index contributed by atoms with van der Waals surface area (Å²) in [4.78, 5) is 14.4. The second-order valence-electron chi connectivity index (χ2n) is 4.54. The highest BCUT2D eigenvalue weighted by molar-refractivity contribution is 7.08. The minimum absolute atomic E-state index is 0. The van der Waals surface area contributed by atoms with E-state index in [1.54, 1.807) is 11.3 Å². The molecule has 2 rings (SSSR count). The third-order valence-corrected chi connectivity index (χ3v) is 4.01. The van der Waals surface area contributed by atoms with Crippen molar-refractivity contribution in [2.45, 2.75) is 32.9 Å². The number of thiophene rings is 1. The van der Waals surface area contributed by atoms with Crippen molar-refractivity contribution >= 4 is 29.7 Å². The molecule has 3 nitrogen and oxygen atoms in total. The standard InChI is InChI=1S/C12H18N2OS.ClH/c1-8-6-16-7-11(8)12(15)14-9(2)4-13-5-10(14)3;/h6-7,9-10,13H,4-5H2,1-3H3;1H. The minimum Gasteiger partial charge on any atom is -0.331 e. The molecule has 1 amide bonds. The number of carbonyl (C=O) groups excluding carboxylic acids is 1. The Morgan fingerprint density at radius 2 is 1.94 bits per heavy atom. The smallest absolute Gasteiger partial charge is 0.255 e. The van der Waals surface area contributed by atoms with Gasteiger partial charge >= 0.3 is 0 Å². The zero-order valence-electron chi connectivity index (χ0n) is 10.4. The van der Waals surface area contributed by atoms with Gasteiger partial charge in [0.05, 0.1) is 5.56 Å². The summed E-state index contributed by atoms with van der Waals surface area (Å²) in [6, 6.07) is 0.547. The fourth-order valence-electron chi connectivity index (χ4n) is 2.25. The number of hydrogen-bond acceptors (Lipinski definition) is 3. The van der Waals surface area contributed by atoms with E-state index in [0.717, 1.165) is 24.2 Å². The van der Waals surface area contributed by atoms with Gasteiger partial charge in [-0.2, -0.15) is 11.3 Å². The molecule has 1 aliphatic rings. The SMILES string of the molecule is Cc1cscc1C(=O)N1C(C)CNCC1C.Cl. The molecule has 1 N–H and O–H groups in total. The van der Waals surface area contributed by atoms with Crippen LogP contribution in [0.3, 0.4) is 0 Å². The Hall–Kier alpha value is -0.580. The molecule has 0 aromatic carbocycles. The summed E-state index contributed by atoms with van der Waals surface area (Å²) in [5.74, 6) is 0.181. The quantitative estimate of drug-likeness (QED) is 0.852. The number of carbonyl (C=O) groups is 1. The summed E-state index contributed by atoms with van der Waals surface area (Å²) in [6.07, 6.45) is 0. The van der Waals surface area contributed by atoms with Crippen LogP contribution < -0.4 is 5.32 Å². The fraction of sp³-hybridized carbons (Fsp3) is 0.583. The molecule has 1 aromatic heterocycles. The summed E-state index contributed by atoms with van der Waals surface area (Å²) in [7, 11) is 0. The van der Waals surface area contributed by atoms with Crippen molar-refractivity contribution < 1.29 is 4.79 Å². The Morgan fingerprint density at radius 3 is 2.41 bits per heavy atom. The number of aryl methyl sites for hydroxylation is 1. The van der Waals surface area contributed by atoms with Gasteiger partial charge in [0.1, 0.15) is 0 Å². The number of nitrogens with zero attached hydrogens (tertiary/aromatic N) is 1. The summed E-state index contributed by atoms with van der Waals surface area (Å²) < 4.78 is 0. The number of nitrogens with one attached hydrogen (secondary N) is 1. The maximum absolute atomic E-state index is 12.4. The van der Waals surface area contributed by atoms with Gasteiger partial charge in [-0.05, 0) is 31.7 Å². The average Bonchev–Trinajstić information content (AvgIpc) is 2.64. The highest BCUT2D eigenvalue weighted by Gasteiger charge is 2.30. The van der Waals surface area contributed by atoms with Gasteiger partial charge in [-0.3, -0.25) is 4.79 Å². The van der Waals surface area contributed by atoms with Crippen LogP contribution in [-0.2, 0) is 0 Å². The maximum Gasteiger partial charge on any atom is 0.255 e. The third kappa shape index (κ3) is 2.81. The van der Waals surface area contributed by atoms with E-state index in [0.29, 0.717) is 0 Å². The van der Waals surface area contributed by atoms with E-state index in [2.05, 4.69) is 19.2 Å². The molecule has 0 aliphatic carbocycles. The van der Waals surface area contributed by atoms with Gasteiger partial charge < -0.3 is 10.2 Å². The lowest BCUT2D eigenvalue weighted by Gasteiger charge is -2.39. The van der Waals surface area contributed by atoms with Crippen LogP contribution in [0.5, 0.6) is 0 Å². The van der Waals surface area contributed by atoms with Crippen molar-refractivity contribution in [3.05, 3.63) is 21.9 Å². The van der Waals surface area contributed by atoms with Gasteiger partial charge in [-0.1, -0.05) is 0 Å². The monoisotopic (exact) mass is 274 g/mol. The molecule has 0 spiro atoms.